The van der Waals surface area contributed by atoms with Crippen molar-refractivity contribution in [2.24, 2.45) is 11.8 Å². The summed E-state index contributed by atoms with van der Waals surface area (Å²) in [6.45, 7) is 0. The van der Waals surface area contributed by atoms with Gasteiger partial charge in [0.05, 0.1) is 4.90 Å². The molecule has 0 aromatic heterocycles. The highest BCUT2D eigenvalue weighted by Crippen LogP contribution is 2.30. The minimum Gasteiger partial charge on any atom is -0.426 e. The Labute approximate surface area is 186 Å². The summed E-state index contributed by atoms with van der Waals surface area (Å²) in [5.74, 6) is 0.534. The standard InChI is InChI=1S/C24H34O6S/c25-23(13-11-18-7-3-1-4-8-18)29-20-15-21(17-22(16-20)31(27)28)30-24(26)14-12-19-9-5-2-6-10-19/h15-19,31H,1-14H2. The fraction of sp³-hybridized carbons (Fsp3) is 0.667. The highest BCUT2D eigenvalue weighted by Gasteiger charge is 2.18. The lowest BCUT2D eigenvalue weighted by Gasteiger charge is -2.21. The number of carbonyl (C=O) groups excluding carboxylic acids is 2. The van der Waals surface area contributed by atoms with E-state index < -0.39 is 22.6 Å². The van der Waals surface area contributed by atoms with Crippen LogP contribution in [0.25, 0.3) is 0 Å². The summed E-state index contributed by atoms with van der Waals surface area (Å²) < 4.78 is 33.7. The van der Waals surface area contributed by atoms with E-state index in [4.69, 9.17) is 9.47 Å². The highest BCUT2D eigenvalue weighted by atomic mass is 32.2. The quantitative estimate of drug-likeness (QED) is 0.317. The average molecular weight is 451 g/mol. The zero-order valence-corrected chi connectivity index (χ0v) is 19.1. The Morgan fingerprint density at radius 2 is 1.13 bits per heavy atom. The highest BCUT2D eigenvalue weighted by molar-refractivity contribution is 7.72. The van der Waals surface area contributed by atoms with Crippen LogP contribution >= 0.6 is 0 Å². The van der Waals surface area contributed by atoms with Gasteiger partial charge in [-0.25, -0.2) is 8.42 Å². The van der Waals surface area contributed by atoms with Gasteiger partial charge < -0.3 is 9.47 Å². The van der Waals surface area contributed by atoms with Crippen LogP contribution in [-0.4, -0.2) is 20.4 Å². The van der Waals surface area contributed by atoms with Gasteiger partial charge in [-0.2, -0.15) is 0 Å². The molecular formula is C24H34O6S. The normalized spacial score (nSPS) is 18.1. The predicted octanol–water partition coefficient (Wildman–Crippen LogP) is 5.19. The average Bonchev–Trinajstić information content (AvgIpc) is 2.77. The molecule has 0 amide bonds. The Morgan fingerprint density at radius 3 is 1.52 bits per heavy atom. The van der Waals surface area contributed by atoms with E-state index in [1.807, 2.05) is 0 Å². The molecule has 6 nitrogen and oxygen atoms in total. The molecule has 0 heterocycles. The Morgan fingerprint density at radius 1 is 0.710 bits per heavy atom. The second-order valence-electron chi connectivity index (χ2n) is 8.95. The van der Waals surface area contributed by atoms with Crippen LogP contribution in [0.15, 0.2) is 23.1 Å². The van der Waals surface area contributed by atoms with Crippen LogP contribution in [0.5, 0.6) is 11.5 Å². The van der Waals surface area contributed by atoms with Gasteiger partial charge in [0.25, 0.3) is 0 Å². The maximum Gasteiger partial charge on any atom is 0.311 e. The zero-order chi connectivity index (χ0) is 22.1. The molecule has 3 rings (SSSR count). The van der Waals surface area contributed by atoms with Crippen molar-refractivity contribution < 1.29 is 27.5 Å². The molecule has 0 atom stereocenters. The number of benzene rings is 1. The van der Waals surface area contributed by atoms with Crippen LogP contribution in [0, 0.1) is 11.8 Å². The summed E-state index contributed by atoms with van der Waals surface area (Å²) in [6.07, 6.45) is 14.2. The fourth-order valence-electron chi connectivity index (χ4n) is 4.74. The van der Waals surface area contributed by atoms with E-state index in [1.165, 1.54) is 56.7 Å². The maximum absolute atomic E-state index is 12.3. The van der Waals surface area contributed by atoms with Crippen molar-refractivity contribution in [3.63, 3.8) is 0 Å². The van der Waals surface area contributed by atoms with Gasteiger partial charge in [-0.1, -0.05) is 64.2 Å². The van der Waals surface area contributed by atoms with Crippen molar-refractivity contribution >= 4 is 22.6 Å². The summed E-state index contributed by atoms with van der Waals surface area (Å²) in [4.78, 5) is 24.5. The molecule has 2 aliphatic rings. The molecule has 0 saturated heterocycles. The van der Waals surface area contributed by atoms with E-state index in [2.05, 4.69) is 0 Å². The van der Waals surface area contributed by atoms with Crippen molar-refractivity contribution in [2.45, 2.75) is 94.8 Å². The summed E-state index contributed by atoms with van der Waals surface area (Å²) in [5, 5.41) is 0. The molecule has 0 bridgehead atoms. The Bertz CT molecular complexity index is 757. The van der Waals surface area contributed by atoms with Crippen LogP contribution in [0.3, 0.4) is 0 Å². The van der Waals surface area contributed by atoms with Crippen LogP contribution in [-0.2, 0) is 20.3 Å². The Hall–Kier alpha value is -1.89. The number of hydrogen-bond acceptors (Lipinski definition) is 6. The first-order chi connectivity index (χ1) is 15.0. The molecule has 0 spiro atoms. The Kier molecular flexibility index (Phi) is 9.37. The number of rotatable bonds is 9. The van der Waals surface area contributed by atoms with Gasteiger partial charge in [0.1, 0.15) is 11.5 Å². The molecule has 1 aromatic rings. The summed E-state index contributed by atoms with van der Waals surface area (Å²) in [7, 11) is -2.90. The number of ether oxygens (including phenoxy) is 2. The van der Waals surface area contributed by atoms with Gasteiger partial charge in [-0.3, -0.25) is 9.59 Å². The molecule has 2 aliphatic carbocycles. The number of esters is 2. The van der Waals surface area contributed by atoms with Gasteiger partial charge in [0.15, 0.2) is 10.7 Å². The second-order valence-corrected chi connectivity index (χ2v) is 9.98. The van der Waals surface area contributed by atoms with Crippen molar-refractivity contribution in [1.82, 2.24) is 0 Å². The second kappa shape index (κ2) is 12.2. The first kappa shape index (κ1) is 23.8. The van der Waals surface area contributed by atoms with Crippen LogP contribution in [0.4, 0.5) is 0 Å². The third-order valence-electron chi connectivity index (χ3n) is 6.50. The van der Waals surface area contributed by atoms with E-state index >= 15 is 0 Å². The molecule has 0 radical (unpaired) electrons. The lowest BCUT2D eigenvalue weighted by atomic mass is 9.86. The lowest BCUT2D eigenvalue weighted by Crippen LogP contribution is -2.14. The van der Waals surface area contributed by atoms with Gasteiger partial charge >= 0.3 is 11.9 Å². The molecule has 31 heavy (non-hydrogen) atoms. The largest absolute Gasteiger partial charge is 0.426 e. The predicted molar refractivity (Wildman–Crippen MR) is 118 cm³/mol. The third-order valence-corrected chi connectivity index (χ3v) is 7.18. The number of hydrogen-bond donors (Lipinski definition) is 1. The Balaban J connectivity index is 1.54. The van der Waals surface area contributed by atoms with E-state index in [0.717, 1.165) is 38.5 Å². The lowest BCUT2D eigenvalue weighted by molar-refractivity contribution is -0.135. The minimum absolute atomic E-state index is 0.0392. The van der Waals surface area contributed by atoms with Crippen LogP contribution in [0.2, 0.25) is 0 Å². The number of carbonyl (C=O) groups is 2. The number of thiol groups is 1. The van der Waals surface area contributed by atoms with Gasteiger partial charge in [-0.15, -0.1) is 0 Å². The van der Waals surface area contributed by atoms with E-state index in [1.54, 1.807) is 0 Å². The van der Waals surface area contributed by atoms with E-state index in [9.17, 15) is 18.0 Å². The molecule has 7 heteroatoms. The first-order valence-electron chi connectivity index (χ1n) is 11.7. The maximum atomic E-state index is 12.3. The topological polar surface area (TPSA) is 86.7 Å². The van der Waals surface area contributed by atoms with E-state index in [-0.39, 0.29) is 16.4 Å². The summed E-state index contributed by atoms with van der Waals surface area (Å²) >= 11 is 0. The third kappa shape index (κ3) is 8.28. The smallest absolute Gasteiger partial charge is 0.311 e. The van der Waals surface area contributed by atoms with Crippen LogP contribution in [0.1, 0.15) is 89.9 Å². The van der Waals surface area contributed by atoms with Crippen molar-refractivity contribution in [2.75, 3.05) is 0 Å². The fourth-order valence-corrected chi connectivity index (χ4v) is 5.21. The van der Waals surface area contributed by atoms with Crippen LogP contribution < -0.4 is 9.47 Å². The molecule has 1 aromatic carbocycles. The van der Waals surface area contributed by atoms with Gasteiger partial charge in [0, 0.05) is 18.9 Å². The molecule has 0 N–H and O–H groups in total. The first-order valence-corrected chi connectivity index (χ1v) is 12.9. The molecule has 0 aliphatic heterocycles. The summed E-state index contributed by atoms with van der Waals surface area (Å²) in [5.41, 5.74) is 0. The van der Waals surface area contributed by atoms with Gasteiger partial charge in [0.2, 0.25) is 0 Å². The monoisotopic (exact) mass is 450 g/mol. The molecule has 2 fully saturated rings. The molecule has 172 valence electrons. The van der Waals surface area contributed by atoms with Crippen molar-refractivity contribution in [3.05, 3.63) is 18.2 Å². The zero-order valence-electron chi connectivity index (χ0n) is 18.2. The molecule has 0 unspecified atom stereocenters. The molecule has 2 saturated carbocycles. The van der Waals surface area contributed by atoms with Crippen molar-refractivity contribution in [3.8, 4) is 11.5 Å². The molecular weight excluding hydrogens is 416 g/mol. The van der Waals surface area contributed by atoms with E-state index in [0.29, 0.717) is 24.7 Å². The van der Waals surface area contributed by atoms with Gasteiger partial charge in [-0.05, 0) is 36.8 Å². The van der Waals surface area contributed by atoms with Crippen molar-refractivity contribution in [1.29, 1.82) is 0 Å². The SMILES string of the molecule is O=C(CCC1CCCCC1)Oc1cc(OC(=O)CCC2CCCCC2)cc([SH](=O)=O)c1. The summed E-state index contributed by atoms with van der Waals surface area (Å²) in [6, 6.07) is 4.01. The minimum atomic E-state index is -2.90.